The number of carbonyl (C=O) groups excluding carboxylic acids is 1. The molecule has 1 saturated carbocycles. The normalized spacial score (nSPS) is 18.4. The SMILES string of the molecule is [2H]C([2H])([2H])n1cc(-c2[nH]c3ncc4c(c3c2-c2ccc3c(cnn3CC(F)F)c2)n([C@@H]2CC[C@@H](NC(=O)OC)C2)c(=O)n4C)c(F)n1. The summed E-state index contributed by atoms with van der Waals surface area (Å²) in [7, 11) is 2.89. The van der Waals surface area contributed by atoms with Gasteiger partial charge in [-0.3, -0.25) is 18.5 Å². The highest BCUT2D eigenvalue weighted by Crippen LogP contribution is 2.43. The molecular formula is C29H28F3N9O3. The number of hydrogen-bond acceptors (Lipinski definition) is 6. The Labute approximate surface area is 251 Å². The van der Waals surface area contributed by atoms with E-state index in [0.29, 0.717) is 68.0 Å². The Balaban J connectivity index is 1.51. The first kappa shape index (κ1) is 24.4. The number of alkyl halides is 2. The fourth-order valence-electron chi connectivity index (χ4n) is 6.40. The van der Waals surface area contributed by atoms with Crippen LogP contribution in [0.5, 0.6) is 0 Å². The summed E-state index contributed by atoms with van der Waals surface area (Å²) in [5.41, 5.74) is 2.32. The lowest BCUT2D eigenvalue weighted by atomic mass is 9.98. The molecule has 0 unspecified atom stereocenters. The van der Waals surface area contributed by atoms with Gasteiger partial charge < -0.3 is 15.0 Å². The molecule has 0 aliphatic heterocycles. The number of aromatic amines is 1. The van der Waals surface area contributed by atoms with Crippen LogP contribution in [0, 0.1) is 5.95 Å². The van der Waals surface area contributed by atoms with E-state index in [2.05, 4.69) is 25.5 Å². The van der Waals surface area contributed by atoms with E-state index < -0.39 is 32.0 Å². The van der Waals surface area contributed by atoms with Crippen LogP contribution in [0.3, 0.4) is 0 Å². The molecule has 2 atom stereocenters. The molecule has 0 saturated heterocycles. The van der Waals surface area contributed by atoms with Gasteiger partial charge in [-0.15, -0.1) is 5.10 Å². The summed E-state index contributed by atoms with van der Waals surface area (Å²) in [6.07, 6.45) is 2.46. The van der Waals surface area contributed by atoms with E-state index in [1.165, 1.54) is 28.8 Å². The molecule has 1 amide bonds. The van der Waals surface area contributed by atoms with Crippen LogP contribution in [-0.2, 0) is 25.3 Å². The van der Waals surface area contributed by atoms with Crippen molar-refractivity contribution in [2.45, 2.75) is 44.3 Å². The van der Waals surface area contributed by atoms with Crippen molar-refractivity contribution in [1.82, 2.24) is 44.0 Å². The van der Waals surface area contributed by atoms with E-state index in [0.717, 1.165) is 6.20 Å². The third-order valence-electron chi connectivity index (χ3n) is 8.33. The number of alkyl carbamates (subject to hydrolysis) is 1. The molecular weight excluding hydrogens is 579 g/mol. The molecule has 44 heavy (non-hydrogen) atoms. The van der Waals surface area contributed by atoms with Crippen LogP contribution in [0.2, 0.25) is 0 Å². The van der Waals surface area contributed by atoms with Gasteiger partial charge in [-0.2, -0.15) is 9.49 Å². The number of aromatic nitrogens is 8. The van der Waals surface area contributed by atoms with Gasteiger partial charge in [0.1, 0.15) is 12.2 Å². The molecule has 0 spiro atoms. The van der Waals surface area contributed by atoms with Gasteiger partial charge in [0.2, 0.25) is 5.95 Å². The number of carbonyl (C=O) groups is 1. The number of fused-ring (bicyclic) bond motifs is 4. The van der Waals surface area contributed by atoms with Crippen LogP contribution in [-0.4, -0.2) is 64.3 Å². The maximum Gasteiger partial charge on any atom is 0.407 e. The fraction of sp³-hybridized carbons (Fsp3) is 0.345. The van der Waals surface area contributed by atoms with Crippen molar-refractivity contribution in [2.75, 3.05) is 7.11 Å². The zero-order chi connectivity index (χ0) is 33.4. The Hall–Kier alpha value is -5.08. The van der Waals surface area contributed by atoms with E-state index in [4.69, 9.17) is 8.85 Å². The van der Waals surface area contributed by atoms with Crippen molar-refractivity contribution in [3.63, 3.8) is 0 Å². The number of methoxy groups -OCH3 is 1. The molecule has 2 N–H and O–H groups in total. The molecule has 5 aromatic heterocycles. The summed E-state index contributed by atoms with van der Waals surface area (Å²) < 4.78 is 74.8. The van der Waals surface area contributed by atoms with Crippen molar-refractivity contribution in [3.8, 4) is 22.4 Å². The molecule has 0 radical (unpaired) electrons. The quantitative estimate of drug-likeness (QED) is 0.286. The topological polar surface area (TPSA) is 130 Å². The number of nitrogens with one attached hydrogen (secondary N) is 2. The Kier molecular flexibility index (Phi) is 5.69. The number of hydrogen-bond donors (Lipinski definition) is 2. The van der Waals surface area contributed by atoms with Crippen molar-refractivity contribution in [1.29, 1.82) is 0 Å². The largest absolute Gasteiger partial charge is 0.453 e. The van der Waals surface area contributed by atoms with E-state index in [9.17, 15) is 18.4 Å². The average molecular weight is 611 g/mol. The predicted molar refractivity (Wildman–Crippen MR) is 156 cm³/mol. The Morgan fingerprint density at radius 2 is 2.11 bits per heavy atom. The van der Waals surface area contributed by atoms with Gasteiger partial charge in [0, 0.05) is 47.4 Å². The molecule has 7 rings (SSSR count). The smallest absolute Gasteiger partial charge is 0.407 e. The van der Waals surface area contributed by atoms with Gasteiger partial charge in [-0.25, -0.2) is 23.4 Å². The van der Waals surface area contributed by atoms with E-state index in [1.807, 2.05) is 0 Å². The highest BCUT2D eigenvalue weighted by atomic mass is 19.3. The summed E-state index contributed by atoms with van der Waals surface area (Å²) in [5.74, 6) is -1.05. The fourth-order valence-corrected chi connectivity index (χ4v) is 6.40. The first-order chi connectivity index (χ1) is 22.3. The van der Waals surface area contributed by atoms with Crippen LogP contribution in [0.4, 0.5) is 18.0 Å². The summed E-state index contributed by atoms with van der Waals surface area (Å²) in [6, 6.07) is 4.44. The number of halogens is 3. The molecule has 5 heterocycles. The predicted octanol–water partition coefficient (Wildman–Crippen LogP) is 4.49. The molecule has 15 heteroatoms. The highest BCUT2D eigenvalue weighted by molar-refractivity contribution is 6.14. The lowest BCUT2D eigenvalue weighted by Gasteiger charge is -2.15. The summed E-state index contributed by atoms with van der Waals surface area (Å²) in [4.78, 5) is 33.5. The third kappa shape index (κ3) is 4.33. The molecule has 12 nitrogen and oxygen atoms in total. The van der Waals surface area contributed by atoms with Crippen molar-refractivity contribution >= 4 is 39.1 Å². The number of benzene rings is 1. The number of H-pyrrole nitrogens is 1. The van der Waals surface area contributed by atoms with Crippen molar-refractivity contribution in [2.24, 2.45) is 14.0 Å². The Bertz CT molecular complexity index is 2250. The molecule has 228 valence electrons. The van der Waals surface area contributed by atoms with E-state index in [1.54, 1.807) is 29.8 Å². The standard InChI is InChI=1S/C29H28F3N9O3/c1-38-12-18(26(32)37-38)24-22(14-4-7-19-15(8-14)10-34-40(19)13-21(30)31)23-25-20(11-33-27(23)36-24)39(2)29(43)41(25)17-6-5-16(9-17)35-28(42)44-3/h4,7-8,10-12,16-17,21H,5-6,9,13H2,1-3H3,(H,33,36)(H,35,42)/t16-,17-/m1/s1/i1D3. The monoisotopic (exact) mass is 610 g/mol. The van der Waals surface area contributed by atoms with Gasteiger partial charge in [0.15, 0.2) is 0 Å². The van der Waals surface area contributed by atoms with Gasteiger partial charge in [0.25, 0.3) is 6.43 Å². The minimum absolute atomic E-state index is 0.149. The molecule has 1 aromatic carbocycles. The molecule has 6 aromatic rings. The number of aryl methyl sites for hydroxylation is 2. The van der Waals surface area contributed by atoms with E-state index >= 15 is 4.39 Å². The zero-order valence-electron chi connectivity index (χ0n) is 26.5. The van der Waals surface area contributed by atoms with Crippen LogP contribution >= 0.6 is 0 Å². The first-order valence-electron chi connectivity index (χ1n) is 15.3. The maximum atomic E-state index is 15.5. The molecule has 0 bridgehead atoms. The zero-order valence-corrected chi connectivity index (χ0v) is 23.5. The van der Waals surface area contributed by atoms with Gasteiger partial charge >= 0.3 is 11.8 Å². The van der Waals surface area contributed by atoms with Gasteiger partial charge in [0.05, 0.1) is 52.7 Å². The summed E-state index contributed by atoms with van der Waals surface area (Å²) in [6.45, 7) is -3.36. The minimum atomic E-state index is -2.76. The molecule has 1 aliphatic carbocycles. The Morgan fingerprint density at radius 1 is 1.27 bits per heavy atom. The molecule has 1 fully saturated rings. The van der Waals surface area contributed by atoms with Crippen molar-refractivity contribution in [3.05, 3.63) is 53.2 Å². The lowest BCUT2D eigenvalue weighted by molar-refractivity contribution is 0.123. The first-order valence-corrected chi connectivity index (χ1v) is 13.8. The molecule has 1 aliphatic rings. The second-order valence-corrected chi connectivity index (χ2v) is 10.9. The second kappa shape index (κ2) is 10.3. The summed E-state index contributed by atoms with van der Waals surface area (Å²) >= 11 is 0. The van der Waals surface area contributed by atoms with E-state index in [-0.39, 0.29) is 29.0 Å². The highest BCUT2D eigenvalue weighted by Gasteiger charge is 2.32. The number of amides is 1. The number of ether oxygens (including phenoxy) is 1. The summed E-state index contributed by atoms with van der Waals surface area (Å²) in [5, 5.41) is 11.5. The van der Waals surface area contributed by atoms with Crippen LogP contribution < -0.4 is 11.0 Å². The Morgan fingerprint density at radius 3 is 2.86 bits per heavy atom. The lowest BCUT2D eigenvalue weighted by Crippen LogP contribution is -2.33. The average Bonchev–Trinajstić information content (AvgIpc) is 3.83. The number of pyridine rings is 1. The van der Waals surface area contributed by atoms with Gasteiger partial charge in [-0.05, 0) is 37.0 Å². The number of nitrogens with zero attached hydrogens (tertiary/aromatic N) is 7. The second-order valence-electron chi connectivity index (χ2n) is 10.9. The third-order valence-corrected chi connectivity index (χ3v) is 8.33. The van der Waals surface area contributed by atoms with Gasteiger partial charge in [-0.1, -0.05) is 6.07 Å². The van der Waals surface area contributed by atoms with Crippen LogP contribution in [0.1, 0.15) is 29.4 Å². The number of imidazole rings is 1. The minimum Gasteiger partial charge on any atom is -0.453 e. The number of rotatable bonds is 6. The van der Waals surface area contributed by atoms with Crippen LogP contribution in [0.15, 0.2) is 41.6 Å². The van der Waals surface area contributed by atoms with Crippen LogP contribution in [0.25, 0.3) is 55.4 Å². The van der Waals surface area contributed by atoms with Crippen molar-refractivity contribution < 1.29 is 26.8 Å². The maximum absolute atomic E-state index is 15.5.